The molecule has 128 valence electrons. The van der Waals surface area contributed by atoms with Crippen LogP contribution in [0, 0.1) is 6.92 Å². The summed E-state index contributed by atoms with van der Waals surface area (Å²) in [6.45, 7) is 3.69. The monoisotopic (exact) mass is 411 g/mol. The zero-order chi connectivity index (χ0) is 17.9. The van der Waals surface area contributed by atoms with Crippen LogP contribution in [0.15, 0.2) is 51.8 Å². The first-order valence-corrected chi connectivity index (χ1v) is 9.53. The average Bonchev–Trinajstić information content (AvgIpc) is 2.55. The van der Waals surface area contributed by atoms with E-state index in [1.165, 1.54) is 23.5 Å². The standard InChI is InChI=1S/C17H18BrNO4S/c1-4-23-17(20)15-6-5-7-16(12(15)2)19(3)24(21,22)14-10-8-13(18)9-11-14/h5-11H,4H2,1-3H3. The number of benzene rings is 2. The molecule has 0 heterocycles. The molecule has 0 unspecified atom stereocenters. The van der Waals surface area contributed by atoms with Gasteiger partial charge < -0.3 is 4.74 Å². The second-order valence-corrected chi connectivity index (χ2v) is 7.98. The molecule has 0 atom stereocenters. The number of hydrogen-bond donors (Lipinski definition) is 0. The van der Waals surface area contributed by atoms with Crippen LogP contribution in [0.4, 0.5) is 5.69 Å². The van der Waals surface area contributed by atoms with Crippen LogP contribution in [0.3, 0.4) is 0 Å². The fraction of sp³-hybridized carbons (Fsp3) is 0.235. The maximum absolute atomic E-state index is 12.8. The van der Waals surface area contributed by atoms with Crippen LogP contribution in [0.5, 0.6) is 0 Å². The van der Waals surface area contributed by atoms with Gasteiger partial charge in [-0.1, -0.05) is 22.0 Å². The summed E-state index contributed by atoms with van der Waals surface area (Å²) in [4.78, 5) is 12.2. The van der Waals surface area contributed by atoms with E-state index in [2.05, 4.69) is 15.9 Å². The van der Waals surface area contributed by atoms with Gasteiger partial charge in [0.05, 0.1) is 22.8 Å². The van der Waals surface area contributed by atoms with Gasteiger partial charge in [-0.3, -0.25) is 4.31 Å². The number of anilines is 1. The van der Waals surface area contributed by atoms with E-state index < -0.39 is 16.0 Å². The minimum Gasteiger partial charge on any atom is -0.462 e. The third kappa shape index (κ3) is 3.62. The maximum atomic E-state index is 12.8. The van der Waals surface area contributed by atoms with Crippen molar-refractivity contribution < 1.29 is 17.9 Å². The molecule has 0 N–H and O–H groups in total. The Morgan fingerprint density at radius 2 is 1.79 bits per heavy atom. The molecule has 0 saturated heterocycles. The maximum Gasteiger partial charge on any atom is 0.338 e. The summed E-state index contributed by atoms with van der Waals surface area (Å²) in [6, 6.07) is 11.3. The van der Waals surface area contributed by atoms with Crippen LogP contribution in [0.1, 0.15) is 22.8 Å². The highest BCUT2D eigenvalue weighted by Gasteiger charge is 2.24. The average molecular weight is 412 g/mol. The Labute approximate surface area is 150 Å². The molecule has 0 saturated carbocycles. The minimum atomic E-state index is -3.73. The number of carbonyl (C=O) groups is 1. The van der Waals surface area contributed by atoms with Gasteiger partial charge in [-0.25, -0.2) is 13.2 Å². The number of halogens is 1. The summed E-state index contributed by atoms with van der Waals surface area (Å²) in [7, 11) is -2.26. The highest BCUT2D eigenvalue weighted by atomic mass is 79.9. The summed E-state index contributed by atoms with van der Waals surface area (Å²) >= 11 is 3.29. The van der Waals surface area contributed by atoms with Crippen LogP contribution in [0.25, 0.3) is 0 Å². The molecule has 0 spiro atoms. The number of ether oxygens (including phenoxy) is 1. The summed E-state index contributed by atoms with van der Waals surface area (Å²) in [5.74, 6) is -0.466. The van der Waals surface area contributed by atoms with E-state index in [9.17, 15) is 13.2 Å². The first-order chi connectivity index (χ1) is 11.3. The van der Waals surface area contributed by atoms with Gasteiger partial charge in [0.1, 0.15) is 0 Å². The fourth-order valence-electron chi connectivity index (χ4n) is 2.29. The summed E-state index contributed by atoms with van der Waals surface area (Å²) in [5, 5.41) is 0. The molecule has 2 aromatic carbocycles. The van der Waals surface area contributed by atoms with Gasteiger partial charge in [-0.15, -0.1) is 0 Å². The highest BCUT2D eigenvalue weighted by molar-refractivity contribution is 9.10. The number of esters is 1. The van der Waals surface area contributed by atoms with Crippen molar-refractivity contribution in [3.63, 3.8) is 0 Å². The number of rotatable bonds is 5. The third-order valence-electron chi connectivity index (χ3n) is 3.61. The van der Waals surface area contributed by atoms with Gasteiger partial charge in [0.25, 0.3) is 10.0 Å². The quantitative estimate of drug-likeness (QED) is 0.702. The van der Waals surface area contributed by atoms with E-state index in [4.69, 9.17) is 4.74 Å². The van der Waals surface area contributed by atoms with E-state index >= 15 is 0 Å². The molecule has 24 heavy (non-hydrogen) atoms. The van der Waals surface area contributed by atoms with Crippen molar-refractivity contribution >= 4 is 37.6 Å². The van der Waals surface area contributed by atoms with E-state index in [-0.39, 0.29) is 11.5 Å². The van der Waals surface area contributed by atoms with Crippen LogP contribution >= 0.6 is 15.9 Å². The van der Waals surface area contributed by atoms with Crippen molar-refractivity contribution in [2.24, 2.45) is 0 Å². The molecule has 0 aliphatic heterocycles. The van der Waals surface area contributed by atoms with Gasteiger partial charge in [0, 0.05) is 11.5 Å². The van der Waals surface area contributed by atoms with Crippen LogP contribution in [-0.4, -0.2) is 28.0 Å². The van der Waals surface area contributed by atoms with Crippen molar-refractivity contribution in [2.45, 2.75) is 18.7 Å². The van der Waals surface area contributed by atoms with Crippen LogP contribution < -0.4 is 4.31 Å². The van der Waals surface area contributed by atoms with Crippen LogP contribution in [0.2, 0.25) is 0 Å². The smallest absolute Gasteiger partial charge is 0.338 e. The molecule has 0 aromatic heterocycles. The highest BCUT2D eigenvalue weighted by Crippen LogP contribution is 2.28. The molecule has 0 amide bonds. The number of carbonyl (C=O) groups excluding carboxylic acids is 1. The number of sulfonamides is 1. The predicted molar refractivity (Wildman–Crippen MR) is 96.9 cm³/mol. The molecule has 0 fully saturated rings. The Balaban J connectivity index is 2.46. The molecule has 2 aromatic rings. The van der Waals surface area contributed by atoms with Gasteiger partial charge in [-0.2, -0.15) is 0 Å². The molecule has 0 bridgehead atoms. The van der Waals surface area contributed by atoms with Gasteiger partial charge in [-0.05, 0) is 55.8 Å². The molecule has 0 aliphatic carbocycles. The summed E-state index contributed by atoms with van der Waals surface area (Å²) < 4.78 is 32.6. The molecule has 2 rings (SSSR count). The van der Waals surface area contributed by atoms with E-state index in [0.717, 1.165) is 4.47 Å². The zero-order valence-electron chi connectivity index (χ0n) is 13.6. The Bertz CT molecular complexity index is 847. The normalized spacial score (nSPS) is 11.2. The lowest BCUT2D eigenvalue weighted by Crippen LogP contribution is -2.27. The predicted octanol–water partition coefficient (Wildman–Crippen LogP) is 3.76. The van der Waals surface area contributed by atoms with E-state index in [1.807, 2.05) is 0 Å². The SMILES string of the molecule is CCOC(=O)c1cccc(N(C)S(=O)(=O)c2ccc(Br)cc2)c1C. The Hall–Kier alpha value is -1.86. The van der Waals surface area contributed by atoms with Gasteiger partial charge >= 0.3 is 5.97 Å². The number of nitrogens with zero attached hydrogens (tertiary/aromatic N) is 1. The molecule has 0 radical (unpaired) electrons. The Morgan fingerprint density at radius 1 is 1.17 bits per heavy atom. The zero-order valence-corrected chi connectivity index (χ0v) is 16.0. The Kier molecular flexibility index (Phi) is 5.66. The van der Waals surface area contributed by atoms with E-state index in [1.54, 1.807) is 44.2 Å². The van der Waals surface area contributed by atoms with Crippen molar-refractivity contribution in [2.75, 3.05) is 18.0 Å². The van der Waals surface area contributed by atoms with Gasteiger partial charge in [0.2, 0.25) is 0 Å². The fourth-order valence-corrected chi connectivity index (χ4v) is 3.81. The Morgan fingerprint density at radius 3 is 2.38 bits per heavy atom. The van der Waals surface area contributed by atoms with Crippen LogP contribution in [-0.2, 0) is 14.8 Å². The number of hydrogen-bond acceptors (Lipinski definition) is 4. The second-order valence-electron chi connectivity index (χ2n) is 5.10. The van der Waals surface area contributed by atoms with Crippen molar-refractivity contribution in [1.82, 2.24) is 0 Å². The summed E-state index contributed by atoms with van der Waals surface area (Å²) in [6.07, 6.45) is 0. The lowest BCUT2D eigenvalue weighted by Gasteiger charge is -2.22. The topological polar surface area (TPSA) is 63.7 Å². The lowest BCUT2D eigenvalue weighted by molar-refractivity contribution is 0.0525. The molecular weight excluding hydrogens is 394 g/mol. The molecule has 7 heteroatoms. The molecule has 0 aliphatic rings. The second kappa shape index (κ2) is 7.36. The third-order valence-corrected chi connectivity index (χ3v) is 5.93. The van der Waals surface area contributed by atoms with Crippen molar-refractivity contribution in [3.05, 3.63) is 58.1 Å². The first kappa shape index (κ1) is 18.5. The minimum absolute atomic E-state index is 0.175. The molecule has 5 nitrogen and oxygen atoms in total. The largest absolute Gasteiger partial charge is 0.462 e. The van der Waals surface area contributed by atoms with Crippen molar-refractivity contribution in [3.8, 4) is 0 Å². The van der Waals surface area contributed by atoms with Crippen molar-refractivity contribution in [1.29, 1.82) is 0 Å². The van der Waals surface area contributed by atoms with E-state index in [0.29, 0.717) is 16.8 Å². The van der Waals surface area contributed by atoms with Gasteiger partial charge in [0.15, 0.2) is 0 Å². The summed E-state index contributed by atoms with van der Waals surface area (Å²) in [5.41, 5.74) is 1.34. The molecular formula is C17H18BrNO4S. The first-order valence-electron chi connectivity index (χ1n) is 7.30. The lowest BCUT2D eigenvalue weighted by atomic mass is 10.1.